The molecule has 2 amide bonds. The molecule has 2 aromatic carbocycles. The normalized spacial score (nSPS) is 10.4. The number of amides is 2. The van der Waals surface area contributed by atoms with Crippen molar-refractivity contribution in [2.45, 2.75) is 6.54 Å². The molecule has 3 rings (SSSR count). The second-order valence-corrected chi connectivity index (χ2v) is 6.21. The van der Waals surface area contributed by atoms with Gasteiger partial charge in [0.15, 0.2) is 0 Å². The van der Waals surface area contributed by atoms with Crippen molar-refractivity contribution in [2.24, 2.45) is 0 Å². The third-order valence-electron chi connectivity index (χ3n) is 3.59. The van der Waals surface area contributed by atoms with E-state index in [1.807, 2.05) is 0 Å². The molecule has 5 nitrogen and oxygen atoms in total. The van der Waals surface area contributed by atoms with Gasteiger partial charge in [-0.05, 0) is 42.5 Å². The van der Waals surface area contributed by atoms with Crippen molar-refractivity contribution in [1.82, 2.24) is 5.32 Å². The number of furan rings is 1. The van der Waals surface area contributed by atoms with Crippen LogP contribution in [0.2, 0.25) is 10.0 Å². The average Bonchev–Trinajstić information content (AvgIpc) is 3.16. The number of anilines is 1. The standard InChI is InChI=1S/C19H14Cl2N2O3/c20-15-7-2-8-16(21)17(15)23-19(25)13-5-1-4-12(10-13)18(24)22-11-14-6-3-9-26-14/h1-10H,11H2,(H,22,24)(H,23,25). The van der Waals surface area contributed by atoms with Crippen LogP contribution in [0, 0.1) is 0 Å². The van der Waals surface area contributed by atoms with Gasteiger partial charge in [0.2, 0.25) is 0 Å². The first-order valence-electron chi connectivity index (χ1n) is 7.70. The van der Waals surface area contributed by atoms with Crippen LogP contribution in [0.5, 0.6) is 0 Å². The van der Waals surface area contributed by atoms with Crippen molar-refractivity contribution >= 4 is 40.7 Å². The second-order valence-electron chi connectivity index (χ2n) is 5.39. The first kappa shape index (κ1) is 18.0. The van der Waals surface area contributed by atoms with Crippen molar-refractivity contribution < 1.29 is 14.0 Å². The molecule has 3 aromatic rings. The molecule has 1 heterocycles. The van der Waals surface area contributed by atoms with E-state index in [1.54, 1.807) is 48.5 Å². The quantitative estimate of drug-likeness (QED) is 0.661. The second kappa shape index (κ2) is 8.08. The lowest BCUT2D eigenvalue weighted by Gasteiger charge is -2.10. The third-order valence-corrected chi connectivity index (χ3v) is 4.22. The Morgan fingerprint density at radius 2 is 1.54 bits per heavy atom. The lowest BCUT2D eigenvalue weighted by Crippen LogP contribution is -2.23. The fourth-order valence-corrected chi connectivity index (χ4v) is 2.78. The van der Waals surface area contributed by atoms with E-state index in [2.05, 4.69) is 10.6 Å². The summed E-state index contributed by atoms with van der Waals surface area (Å²) >= 11 is 12.1. The number of hydrogen-bond acceptors (Lipinski definition) is 3. The SMILES string of the molecule is O=C(NCc1ccco1)c1cccc(C(=O)Nc2c(Cl)cccc2Cl)c1. The summed E-state index contributed by atoms with van der Waals surface area (Å²) in [6.45, 7) is 0.261. The minimum Gasteiger partial charge on any atom is -0.467 e. The Morgan fingerprint density at radius 1 is 0.885 bits per heavy atom. The zero-order valence-electron chi connectivity index (χ0n) is 13.5. The molecule has 0 spiro atoms. The van der Waals surface area contributed by atoms with Crippen molar-refractivity contribution in [3.8, 4) is 0 Å². The van der Waals surface area contributed by atoms with Gasteiger partial charge < -0.3 is 15.1 Å². The first-order valence-corrected chi connectivity index (χ1v) is 8.46. The fraction of sp³-hybridized carbons (Fsp3) is 0.0526. The highest BCUT2D eigenvalue weighted by Gasteiger charge is 2.14. The summed E-state index contributed by atoms with van der Waals surface area (Å²) in [7, 11) is 0. The van der Waals surface area contributed by atoms with Gasteiger partial charge in [-0.15, -0.1) is 0 Å². The van der Waals surface area contributed by atoms with Gasteiger partial charge in [0.1, 0.15) is 5.76 Å². The Morgan fingerprint density at radius 3 is 2.19 bits per heavy atom. The highest BCUT2D eigenvalue weighted by atomic mass is 35.5. The van der Waals surface area contributed by atoms with Crippen LogP contribution in [0.1, 0.15) is 26.5 Å². The molecule has 1 aromatic heterocycles. The predicted octanol–water partition coefficient (Wildman–Crippen LogP) is 4.77. The molecule has 0 aliphatic carbocycles. The molecule has 0 saturated carbocycles. The molecule has 0 bridgehead atoms. The summed E-state index contributed by atoms with van der Waals surface area (Å²) in [6, 6.07) is 14.8. The highest BCUT2D eigenvalue weighted by molar-refractivity contribution is 6.40. The van der Waals surface area contributed by atoms with Gasteiger partial charge in [0.05, 0.1) is 28.5 Å². The number of para-hydroxylation sites is 1. The maximum absolute atomic E-state index is 12.5. The Labute approximate surface area is 159 Å². The molecular weight excluding hydrogens is 375 g/mol. The van der Waals surface area contributed by atoms with Crippen LogP contribution in [0.3, 0.4) is 0 Å². The van der Waals surface area contributed by atoms with Gasteiger partial charge in [-0.1, -0.05) is 35.3 Å². The zero-order chi connectivity index (χ0) is 18.5. The van der Waals surface area contributed by atoms with Crippen molar-refractivity contribution in [2.75, 3.05) is 5.32 Å². The Kier molecular flexibility index (Phi) is 5.61. The molecule has 0 aliphatic rings. The number of halogens is 2. The third kappa shape index (κ3) is 4.25. The lowest BCUT2D eigenvalue weighted by molar-refractivity contribution is 0.0948. The maximum atomic E-state index is 12.5. The average molecular weight is 389 g/mol. The van der Waals surface area contributed by atoms with Gasteiger partial charge in [-0.2, -0.15) is 0 Å². The summed E-state index contributed by atoms with van der Waals surface area (Å²) in [5, 5.41) is 6.06. The van der Waals surface area contributed by atoms with Gasteiger partial charge in [0.25, 0.3) is 11.8 Å². The van der Waals surface area contributed by atoms with E-state index < -0.39 is 5.91 Å². The molecule has 0 saturated heterocycles. The molecular formula is C19H14Cl2N2O3. The Balaban J connectivity index is 1.72. The number of rotatable bonds is 5. The molecule has 0 radical (unpaired) electrons. The summed E-state index contributed by atoms with van der Waals surface area (Å²) in [6.07, 6.45) is 1.53. The van der Waals surface area contributed by atoms with Crippen molar-refractivity contribution in [3.63, 3.8) is 0 Å². The maximum Gasteiger partial charge on any atom is 0.255 e. The molecule has 26 heavy (non-hydrogen) atoms. The number of benzene rings is 2. The molecule has 132 valence electrons. The molecule has 0 aliphatic heterocycles. The van der Waals surface area contributed by atoms with Gasteiger partial charge in [-0.3, -0.25) is 9.59 Å². The largest absolute Gasteiger partial charge is 0.467 e. The van der Waals surface area contributed by atoms with Crippen LogP contribution in [0.15, 0.2) is 65.3 Å². The van der Waals surface area contributed by atoms with E-state index >= 15 is 0 Å². The zero-order valence-corrected chi connectivity index (χ0v) is 15.0. The monoisotopic (exact) mass is 388 g/mol. The Hall–Kier alpha value is -2.76. The predicted molar refractivity (Wildman–Crippen MR) is 101 cm³/mol. The molecule has 7 heteroatoms. The Bertz CT molecular complexity index is 919. The summed E-state index contributed by atoms with van der Waals surface area (Å²) < 4.78 is 5.17. The minimum atomic E-state index is -0.416. The topological polar surface area (TPSA) is 71.3 Å². The summed E-state index contributed by atoms with van der Waals surface area (Å²) in [5.41, 5.74) is 0.995. The van der Waals surface area contributed by atoms with Crippen molar-refractivity contribution in [3.05, 3.63) is 87.8 Å². The number of carbonyl (C=O) groups is 2. The summed E-state index contributed by atoms with van der Waals surface area (Å²) in [5.74, 6) is -0.0897. The van der Waals surface area contributed by atoms with Crippen LogP contribution in [-0.4, -0.2) is 11.8 Å². The fourth-order valence-electron chi connectivity index (χ4n) is 2.29. The molecule has 0 atom stereocenters. The van der Waals surface area contributed by atoms with Gasteiger partial charge in [-0.25, -0.2) is 0 Å². The number of hydrogen-bond donors (Lipinski definition) is 2. The smallest absolute Gasteiger partial charge is 0.255 e. The first-order chi connectivity index (χ1) is 12.5. The van der Waals surface area contributed by atoms with Crippen LogP contribution in [0.25, 0.3) is 0 Å². The highest BCUT2D eigenvalue weighted by Crippen LogP contribution is 2.30. The van der Waals surface area contributed by atoms with Crippen LogP contribution in [-0.2, 0) is 6.54 Å². The van der Waals surface area contributed by atoms with E-state index in [4.69, 9.17) is 27.6 Å². The van der Waals surface area contributed by atoms with Gasteiger partial charge in [0, 0.05) is 11.1 Å². The molecule has 0 unspecified atom stereocenters. The van der Waals surface area contributed by atoms with E-state index in [-0.39, 0.29) is 12.5 Å². The van der Waals surface area contributed by atoms with Crippen LogP contribution < -0.4 is 10.6 Å². The number of nitrogens with one attached hydrogen (secondary N) is 2. The van der Waals surface area contributed by atoms with E-state index in [1.165, 1.54) is 12.3 Å². The molecule has 0 fully saturated rings. The van der Waals surface area contributed by atoms with E-state index in [0.717, 1.165) is 0 Å². The van der Waals surface area contributed by atoms with Gasteiger partial charge >= 0.3 is 0 Å². The lowest BCUT2D eigenvalue weighted by atomic mass is 10.1. The summed E-state index contributed by atoms with van der Waals surface area (Å²) in [4.78, 5) is 24.7. The van der Waals surface area contributed by atoms with Crippen molar-refractivity contribution in [1.29, 1.82) is 0 Å². The van der Waals surface area contributed by atoms with E-state index in [0.29, 0.717) is 32.6 Å². The van der Waals surface area contributed by atoms with E-state index in [9.17, 15) is 9.59 Å². The van der Waals surface area contributed by atoms with Crippen LogP contribution >= 0.6 is 23.2 Å². The van der Waals surface area contributed by atoms with Crippen LogP contribution in [0.4, 0.5) is 5.69 Å². The molecule has 2 N–H and O–H groups in total. The minimum absolute atomic E-state index is 0.261. The number of carbonyl (C=O) groups excluding carboxylic acids is 2.